The van der Waals surface area contributed by atoms with Crippen molar-refractivity contribution in [3.8, 4) is 0 Å². The number of anilines is 1. The van der Waals surface area contributed by atoms with Gasteiger partial charge in [-0.15, -0.1) is 5.11 Å². The van der Waals surface area contributed by atoms with Crippen LogP contribution in [0.1, 0.15) is 12.5 Å². The van der Waals surface area contributed by atoms with E-state index in [1.807, 2.05) is 42.2 Å². The van der Waals surface area contributed by atoms with Gasteiger partial charge in [0.25, 0.3) is 15.8 Å². The predicted octanol–water partition coefficient (Wildman–Crippen LogP) is 5.28. The van der Waals surface area contributed by atoms with E-state index in [4.69, 9.17) is 0 Å². The molecular weight excluding hydrogens is 420 g/mol. The summed E-state index contributed by atoms with van der Waals surface area (Å²) >= 11 is 0. The van der Waals surface area contributed by atoms with Gasteiger partial charge in [-0.25, -0.2) is 0 Å². The van der Waals surface area contributed by atoms with Gasteiger partial charge in [-0.2, -0.15) is 13.5 Å². The van der Waals surface area contributed by atoms with Gasteiger partial charge in [0, 0.05) is 30.9 Å². The van der Waals surface area contributed by atoms with Crippen molar-refractivity contribution >= 4 is 32.9 Å². The molecule has 1 N–H and O–H groups in total. The molecule has 0 unspecified atom stereocenters. The zero-order chi connectivity index (χ0) is 22.4. The van der Waals surface area contributed by atoms with Gasteiger partial charge >= 0.3 is 0 Å². The second-order valence-electron chi connectivity index (χ2n) is 6.60. The minimum absolute atomic E-state index is 0.0413. The molecule has 0 bridgehead atoms. The molecule has 9 nitrogen and oxygen atoms in total. The molecule has 160 valence electrons. The van der Waals surface area contributed by atoms with Gasteiger partial charge in [0.05, 0.1) is 10.6 Å². The average molecular weight is 440 g/mol. The first-order valence-corrected chi connectivity index (χ1v) is 10.8. The van der Waals surface area contributed by atoms with E-state index in [0.29, 0.717) is 24.5 Å². The topological polar surface area (TPSA) is 125 Å². The second-order valence-corrected chi connectivity index (χ2v) is 7.99. The lowest BCUT2D eigenvalue weighted by Crippen LogP contribution is -2.22. The highest BCUT2D eigenvalue weighted by Gasteiger charge is 2.18. The number of azo groups is 1. The highest BCUT2D eigenvalue weighted by molar-refractivity contribution is 7.86. The highest BCUT2D eigenvalue weighted by atomic mass is 32.2. The van der Waals surface area contributed by atoms with E-state index in [0.717, 1.165) is 5.56 Å². The minimum atomic E-state index is -4.56. The maximum absolute atomic E-state index is 12.0. The van der Waals surface area contributed by atoms with E-state index in [1.165, 1.54) is 36.4 Å². The van der Waals surface area contributed by atoms with Gasteiger partial charge in [-0.05, 0) is 42.8 Å². The number of rotatable bonds is 8. The largest absolute Gasteiger partial charge is 0.367 e. The lowest BCUT2D eigenvalue weighted by atomic mass is 10.2. The molecule has 10 heteroatoms. The quantitative estimate of drug-likeness (QED) is 0.220. The van der Waals surface area contributed by atoms with E-state index in [2.05, 4.69) is 10.2 Å². The fraction of sp³-hybridized carbons (Fsp3) is 0.143. The lowest BCUT2D eigenvalue weighted by Gasteiger charge is -2.24. The van der Waals surface area contributed by atoms with Crippen molar-refractivity contribution in [1.29, 1.82) is 0 Å². The average Bonchev–Trinajstić information content (AvgIpc) is 2.76. The zero-order valence-corrected chi connectivity index (χ0v) is 17.4. The molecule has 0 aliphatic heterocycles. The zero-order valence-electron chi connectivity index (χ0n) is 16.6. The van der Waals surface area contributed by atoms with Gasteiger partial charge in [0.2, 0.25) is 0 Å². The Balaban J connectivity index is 1.92. The van der Waals surface area contributed by atoms with Crippen LogP contribution in [0.3, 0.4) is 0 Å². The predicted molar refractivity (Wildman–Crippen MR) is 117 cm³/mol. The van der Waals surface area contributed by atoms with E-state index in [-0.39, 0.29) is 16.3 Å². The van der Waals surface area contributed by atoms with E-state index in [9.17, 15) is 23.1 Å². The Bertz CT molecular complexity index is 1200. The van der Waals surface area contributed by atoms with Crippen LogP contribution >= 0.6 is 0 Å². The van der Waals surface area contributed by atoms with Gasteiger partial charge in [-0.1, -0.05) is 30.3 Å². The fourth-order valence-electron chi connectivity index (χ4n) is 2.93. The van der Waals surface area contributed by atoms with Crippen LogP contribution in [0, 0.1) is 10.1 Å². The highest BCUT2D eigenvalue weighted by Crippen LogP contribution is 2.31. The van der Waals surface area contributed by atoms with Gasteiger partial charge in [-0.3, -0.25) is 14.7 Å². The summed E-state index contributed by atoms with van der Waals surface area (Å²) in [5.41, 5.74) is 1.82. The first-order valence-electron chi connectivity index (χ1n) is 9.34. The summed E-state index contributed by atoms with van der Waals surface area (Å²) in [5, 5.41) is 18.6. The number of nitrogens with zero attached hydrogens (tertiary/aromatic N) is 4. The summed E-state index contributed by atoms with van der Waals surface area (Å²) < 4.78 is 33.6. The van der Waals surface area contributed by atoms with Crippen molar-refractivity contribution in [1.82, 2.24) is 0 Å². The number of non-ortho nitro benzene ring substituents is 1. The van der Waals surface area contributed by atoms with Crippen LogP contribution in [0.2, 0.25) is 0 Å². The molecule has 31 heavy (non-hydrogen) atoms. The van der Waals surface area contributed by atoms with Crippen LogP contribution in [-0.4, -0.2) is 24.4 Å². The van der Waals surface area contributed by atoms with Crippen molar-refractivity contribution < 1.29 is 17.9 Å². The van der Waals surface area contributed by atoms with E-state index < -0.39 is 15.0 Å². The van der Waals surface area contributed by atoms with Crippen molar-refractivity contribution in [3.63, 3.8) is 0 Å². The Morgan fingerprint density at radius 3 is 2.26 bits per heavy atom. The molecule has 3 rings (SSSR count). The molecule has 0 aliphatic rings. The van der Waals surface area contributed by atoms with Crippen LogP contribution in [0.4, 0.5) is 22.7 Å². The molecule has 0 atom stereocenters. The standard InChI is InChI=1S/C21H20N4O5S/c1-2-24(15-16-6-4-3-5-7-16)19-12-13-20(21(14-19)31(28,29)30)23-22-17-8-10-18(11-9-17)25(26)27/h3-14H,2,15H2,1H3,(H,28,29,30). The molecule has 0 saturated carbocycles. The Kier molecular flexibility index (Phi) is 6.73. The van der Waals surface area contributed by atoms with E-state index >= 15 is 0 Å². The Labute approximate surface area is 179 Å². The monoisotopic (exact) mass is 440 g/mol. The first-order chi connectivity index (χ1) is 14.8. The number of nitro groups is 1. The summed E-state index contributed by atoms with van der Waals surface area (Å²) in [4.78, 5) is 11.8. The maximum atomic E-state index is 12.0. The Morgan fingerprint density at radius 1 is 1.00 bits per heavy atom. The minimum Gasteiger partial charge on any atom is -0.367 e. The van der Waals surface area contributed by atoms with Crippen molar-refractivity contribution in [2.24, 2.45) is 10.2 Å². The number of hydrogen-bond donors (Lipinski definition) is 1. The van der Waals surface area contributed by atoms with Crippen LogP contribution in [-0.2, 0) is 16.7 Å². The molecule has 0 saturated heterocycles. The van der Waals surface area contributed by atoms with Crippen molar-refractivity contribution in [2.75, 3.05) is 11.4 Å². The second kappa shape index (κ2) is 9.45. The lowest BCUT2D eigenvalue weighted by molar-refractivity contribution is -0.384. The molecule has 0 radical (unpaired) electrons. The first kappa shape index (κ1) is 22.1. The smallest absolute Gasteiger partial charge is 0.296 e. The van der Waals surface area contributed by atoms with Crippen LogP contribution in [0.5, 0.6) is 0 Å². The molecular formula is C21H20N4O5S. The molecule has 0 fully saturated rings. The number of hydrogen-bond acceptors (Lipinski definition) is 7. The number of nitro benzene ring substituents is 1. The fourth-order valence-corrected chi connectivity index (χ4v) is 3.57. The Hall–Kier alpha value is -3.63. The van der Waals surface area contributed by atoms with Crippen LogP contribution in [0.25, 0.3) is 0 Å². The summed E-state index contributed by atoms with van der Waals surface area (Å²) in [7, 11) is -4.56. The van der Waals surface area contributed by atoms with Crippen molar-refractivity contribution in [3.05, 3.63) is 88.5 Å². The van der Waals surface area contributed by atoms with Crippen molar-refractivity contribution in [2.45, 2.75) is 18.4 Å². The third-order valence-electron chi connectivity index (χ3n) is 4.52. The summed E-state index contributed by atoms with van der Waals surface area (Å²) in [5.74, 6) is 0. The van der Waals surface area contributed by atoms with Crippen LogP contribution < -0.4 is 4.90 Å². The number of benzene rings is 3. The van der Waals surface area contributed by atoms with Gasteiger partial charge < -0.3 is 4.90 Å². The Morgan fingerprint density at radius 2 is 1.68 bits per heavy atom. The van der Waals surface area contributed by atoms with Gasteiger partial charge in [0.15, 0.2) is 0 Å². The third kappa shape index (κ3) is 5.71. The maximum Gasteiger partial charge on any atom is 0.296 e. The molecule has 0 aromatic heterocycles. The molecule has 0 amide bonds. The molecule has 0 aliphatic carbocycles. The summed E-state index contributed by atoms with van der Waals surface area (Å²) in [6.07, 6.45) is 0. The SMILES string of the molecule is CCN(Cc1ccccc1)c1ccc(N=Nc2ccc([N+](=O)[O-])cc2)c(S(=O)(=O)O)c1. The van der Waals surface area contributed by atoms with Crippen LogP contribution in [0.15, 0.2) is 87.9 Å². The summed E-state index contributed by atoms with van der Waals surface area (Å²) in [6, 6.07) is 19.5. The normalized spacial score (nSPS) is 11.5. The van der Waals surface area contributed by atoms with E-state index in [1.54, 1.807) is 6.07 Å². The molecule has 3 aromatic carbocycles. The molecule has 3 aromatic rings. The molecule has 0 heterocycles. The summed E-state index contributed by atoms with van der Waals surface area (Å²) in [6.45, 7) is 3.12. The molecule has 0 spiro atoms. The third-order valence-corrected chi connectivity index (χ3v) is 5.40. The van der Waals surface area contributed by atoms with Gasteiger partial charge in [0.1, 0.15) is 10.6 Å².